The number of nitrogens with two attached hydrogens (primary N) is 1. The van der Waals surface area contributed by atoms with E-state index in [1.54, 1.807) is 0 Å². The predicted octanol–water partition coefficient (Wildman–Crippen LogP) is 3.70. The highest BCUT2D eigenvalue weighted by Crippen LogP contribution is 2.64. The Labute approximate surface area is 116 Å². The maximum Gasteiger partial charge on any atom is 0.0748 e. The van der Waals surface area contributed by atoms with Gasteiger partial charge in [-0.2, -0.15) is 0 Å². The molecular formula is C15H17BrN2. The molecule has 0 bridgehead atoms. The zero-order chi connectivity index (χ0) is 12.9. The fraction of sp³-hybridized carbons (Fsp3) is 0.400. The van der Waals surface area contributed by atoms with Crippen molar-refractivity contribution in [2.45, 2.75) is 19.8 Å². The molecule has 1 aromatic carbocycles. The summed E-state index contributed by atoms with van der Waals surface area (Å²) in [4.78, 5) is 4.57. The third-order valence-electron chi connectivity index (χ3n) is 4.39. The van der Waals surface area contributed by atoms with Crippen molar-refractivity contribution in [3.8, 4) is 0 Å². The van der Waals surface area contributed by atoms with E-state index in [-0.39, 0.29) is 0 Å². The summed E-state index contributed by atoms with van der Waals surface area (Å²) in [6.45, 7) is 5.35. The van der Waals surface area contributed by atoms with E-state index in [9.17, 15) is 0 Å². The molecule has 0 aliphatic heterocycles. The number of benzene rings is 1. The van der Waals surface area contributed by atoms with Gasteiger partial charge < -0.3 is 5.73 Å². The van der Waals surface area contributed by atoms with Crippen LogP contribution in [-0.2, 0) is 0 Å². The molecule has 2 atom stereocenters. The van der Waals surface area contributed by atoms with Gasteiger partial charge in [-0.1, -0.05) is 41.9 Å². The third-order valence-corrected chi connectivity index (χ3v) is 5.08. The van der Waals surface area contributed by atoms with Gasteiger partial charge in [0.15, 0.2) is 0 Å². The molecule has 3 rings (SSSR count). The van der Waals surface area contributed by atoms with Gasteiger partial charge in [0.25, 0.3) is 0 Å². The van der Waals surface area contributed by atoms with Crippen LogP contribution in [0.4, 0.5) is 0 Å². The van der Waals surface area contributed by atoms with Gasteiger partial charge in [0.05, 0.1) is 5.52 Å². The molecule has 1 aliphatic carbocycles. The van der Waals surface area contributed by atoms with E-state index in [1.807, 2.05) is 12.3 Å². The summed E-state index contributed by atoms with van der Waals surface area (Å²) in [5.74, 6) is 1.11. The number of fused-ring (bicyclic) bond motifs is 1. The second-order valence-corrected chi connectivity index (χ2v) is 6.53. The van der Waals surface area contributed by atoms with Crippen LogP contribution in [0.15, 0.2) is 34.9 Å². The van der Waals surface area contributed by atoms with Gasteiger partial charge in [-0.25, -0.2) is 0 Å². The molecule has 2 N–H and O–H groups in total. The topological polar surface area (TPSA) is 38.9 Å². The Balaban J connectivity index is 2.18. The minimum absolute atomic E-state index is 0.299. The lowest BCUT2D eigenvalue weighted by Crippen LogP contribution is -2.05. The third kappa shape index (κ3) is 1.61. The van der Waals surface area contributed by atoms with Gasteiger partial charge in [0.1, 0.15) is 0 Å². The monoisotopic (exact) mass is 304 g/mol. The quantitative estimate of drug-likeness (QED) is 0.919. The molecular weight excluding hydrogens is 288 g/mol. The molecule has 1 heterocycles. The van der Waals surface area contributed by atoms with E-state index in [1.165, 1.54) is 10.9 Å². The van der Waals surface area contributed by atoms with E-state index in [2.05, 4.69) is 53.0 Å². The van der Waals surface area contributed by atoms with Crippen molar-refractivity contribution in [1.29, 1.82) is 0 Å². The minimum Gasteiger partial charge on any atom is -0.330 e. The number of hydrogen-bond acceptors (Lipinski definition) is 2. The molecule has 0 spiro atoms. The molecule has 1 saturated carbocycles. The summed E-state index contributed by atoms with van der Waals surface area (Å²) in [5, 5.41) is 1.19. The number of rotatable bonds is 2. The van der Waals surface area contributed by atoms with Crippen molar-refractivity contribution >= 4 is 26.8 Å². The predicted molar refractivity (Wildman–Crippen MR) is 78.5 cm³/mol. The second kappa shape index (κ2) is 4.04. The zero-order valence-corrected chi connectivity index (χ0v) is 12.2. The molecule has 0 amide bonds. The Kier molecular flexibility index (Phi) is 2.72. The van der Waals surface area contributed by atoms with E-state index < -0.39 is 0 Å². The summed E-state index contributed by atoms with van der Waals surface area (Å²) in [6, 6.07) is 8.42. The van der Waals surface area contributed by atoms with Crippen LogP contribution in [0.25, 0.3) is 10.9 Å². The first-order valence-electron chi connectivity index (χ1n) is 6.30. The van der Waals surface area contributed by atoms with E-state index >= 15 is 0 Å². The molecule has 0 radical (unpaired) electrons. The maximum absolute atomic E-state index is 5.88. The van der Waals surface area contributed by atoms with Crippen molar-refractivity contribution in [3.05, 3.63) is 40.5 Å². The lowest BCUT2D eigenvalue weighted by atomic mass is 10.0. The number of aromatic nitrogens is 1. The van der Waals surface area contributed by atoms with Crippen LogP contribution >= 0.6 is 15.9 Å². The van der Waals surface area contributed by atoms with Crippen molar-refractivity contribution < 1.29 is 0 Å². The van der Waals surface area contributed by atoms with Gasteiger partial charge >= 0.3 is 0 Å². The van der Waals surface area contributed by atoms with Gasteiger partial charge in [-0.05, 0) is 41.5 Å². The normalized spacial score (nSPS) is 25.3. The number of nitrogens with zero attached hydrogens (tertiary/aromatic N) is 1. The fourth-order valence-corrected chi connectivity index (χ4v) is 3.66. The van der Waals surface area contributed by atoms with Gasteiger partial charge in [0.2, 0.25) is 0 Å². The zero-order valence-electron chi connectivity index (χ0n) is 10.7. The summed E-state index contributed by atoms with van der Waals surface area (Å²) >= 11 is 3.60. The standard InChI is InChI=1S/C15H17BrN2/c1-15(2)11(8-17)13(15)10-5-6-12(16)9-4-3-7-18-14(9)10/h3-7,11,13H,8,17H2,1-2H3. The van der Waals surface area contributed by atoms with E-state index in [0.717, 1.165) is 16.5 Å². The molecule has 1 fully saturated rings. The molecule has 2 aromatic rings. The Morgan fingerprint density at radius 3 is 2.78 bits per heavy atom. The Morgan fingerprint density at radius 2 is 2.11 bits per heavy atom. The van der Waals surface area contributed by atoms with Crippen molar-refractivity contribution in [3.63, 3.8) is 0 Å². The largest absolute Gasteiger partial charge is 0.330 e. The first-order chi connectivity index (χ1) is 8.57. The van der Waals surface area contributed by atoms with Gasteiger partial charge in [0, 0.05) is 16.1 Å². The van der Waals surface area contributed by atoms with Crippen LogP contribution < -0.4 is 5.73 Å². The summed E-state index contributed by atoms with van der Waals surface area (Å²) in [6.07, 6.45) is 1.87. The van der Waals surface area contributed by atoms with Crippen LogP contribution in [0.2, 0.25) is 0 Å². The number of pyridine rings is 1. The van der Waals surface area contributed by atoms with Crippen LogP contribution in [0.1, 0.15) is 25.3 Å². The molecule has 94 valence electrons. The highest BCUT2D eigenvalue weighted by atomic mass is 79.9. The Hall–Kier alpha value is -0.930. The van der Waals surface area contributed by atoms with Crippen LogP contribution in [0, 0.1) is 11.3 Å². The molecule has 3 heteroatoms. The SMILES string of the molecule is CC1(C)C(CN)C1c1ccc(Br)c2cccnc12. The first kappa shape index (κ1) is 12.1. The lowest BCUT2D eigenvalue weighted by molar-refractivity contribution is 0.559. The lowest BCUT2D eigenvalue weighted by Gasteiger charge is -2.08. The molecule has 18 heavy (non-hydrogen) atoms. The van der Waals surface area contributed by atoms with Crippen LogP contribution in [-0.4, -0.2) is 11.5 Å². The maximum atomic E-state index is 5.88. The summed E-state index contributed by atoms with van der Waals surface area (Å²) in [5.41, 5.74) is 8.63. The van der Waals surface area contributed by atoms with Crippen LogP contribution in [0.5, 0.6) is 0 Å². The Bertz CT molecular complexity index is 606. The van der Waals surface area contributed by atoms with Crippen LogP contribution in [0.3, 0.4) is 0 Å². The fourth-order valence-electron chi connectivity index (χ4n) is 3.21. The molecule has 0 saturated heterocycles. The first-order valence-corrected chi connectivity index (χ1v) is 7.10. The molecule has 2 unspecified atom stereocenters. The summed E-state index contributed by atoms with van der Waals surface area (Å²) in [7, 11) is 0. The smallest absolute Gasteiger partial charge is 0.0748 e. The van der Waals surface area contributed by atoms with E-state index in [4.69, 9.17) is 5.73 Å². The Morgan fingerprint density at radius 1 is 1.33 bits per heavy atom. The van der Waals surface area contributed by atoms with E-state index in [0.29, 0.717) is 17.3 Å². The van der Waals surface area contributed by atoms with Crippen molar-refractivity contribution in [1.82, 2.24) is 4.98 Å². The highest BCUT2D eigenvalue weighted by Gasteiger charge is 2.57. The molecule has 1 aliphatic rings. The van der Waals surface area contributed by atoms with Gasteiger partial charge in [-0.15, -0.1) is 0 Å². The molecule has 1 aromatic heterocycles. The second-order valence-electron chi connectivity index (χ2n) is 5.68. The van der Waals surface area contributed by atoms with Crippen molar-refractivity contribution in [2.24, 2.45) is 17.1 Å². The van der Waals surface area contributed by atoms with Gasteiger partial charge in [-0.3, -0.25) is 4.98 Å². The average Bonchev–Trinajstić information content (AvgIpc) is 2.92. The average molecular weight is 305 g/mol. The summed E-state index contributed by atoms with van der Waals surface area (Å²) < 4.78 is 1.11. The number of hydrogen-bond donors (Lipinski definition) is 1. The van der Waals surface area contributed by atoms with Crippen molar-refractivity contribution in [2.75, 3.05) is 6.54 Å². The molecule has 2 nitrogen and oxygen atoms in total. The highest BCUT2D eigenvalue weighted by molar-refractivity contribution is 9.10. The number of halogens is 1. The minimum atomic E-state index is 0.299.